The third-order valence-corrected chi connectivity index (χ3v) is 2.56. The lowest BCUT2D eigenvalue weighted by atomic mass is 10.1. The molecular formula is C12H18ClNO. The third kappa shape index (κ3) is 4.65. The van der Waals surface area contributed by atoms with Crippen LogP contribution in [0.1, 0.15) is 19.4 Å². The molecule has 2 nitrogen and oxygen atoms in total. The molecule has 0 aromatic heterocycles. The molecule has 84 valence electrons. The number of hydrogen-bond donors (Lipinski definition) is 1. The van der Waals surface area contributed by atoms with Crippen molar-refractivity contribution in [2.24, 2.45) is 11.7 Å². The lowest BCUT2D eigenvalue weighted by molar-refractivity contribution is 0.0973. The fraction of sp³-hybridized carbons (Fsp3) is 0.500. The molecule has 0 radical (unpaired) electrons. The first-order valence-corrected chi connectivity index (χ1v) is 5.55. The Balaban J connectivity index is 2.32. The number of benzene rings is 1. The summed E-state index contributed by atoms with van der Waals surface area (Å²) in [4.78, 5) is 0. The van der Waals surface area contributed by atoms with E-state index in [1.54, 1.807) is 0 Å². The predicted molar refractivity (Wildman–Crippen MR) is 63.9 cm³/mol. The fourth-order valence-electron chi connectivity index (χ4n) is 1.13. The van der Waals surface area contributed by atoms with Gasteiger partial charge in [-0.2, -0.15) is 0 Å². The maximum absolute atomic E-state index is 5.86. The van der Waals surface area contributed by atoms with Gasteiger partial charge in [0.25, 0.3) is 0 Å². The van der Waals surface area contributed by atoms with Gasteiger partial charge >= 0.3 is 0 Å². The zero-order chi connectivity index (χ0) is 11.3. The minimum Gasteiger partial charge on any atom is -0.375 e. The molecule has 15 heavy (non-hydrogen) atoms. The topological polar surface area (TPSA) is 35.2 Å². The second-order valence-corrected chi connectivity index (χ2v) is 4.49. The van der Waals surface area contributed by atoms with Gasteiger partial charge in [0.05, 0.1) is 13.2 Å². The summed E-state index contributed by atoms with van der Waals surface area (Å²) in [5.41, 5.74) is 6.94. The summed E-state index contributed by atoms with van der Waals surface area (Å²) in [5.74, 6) is 0.448. The van der Waals surface area contributed by atoms with Crippen molar-refractivity contribution in [1.29, 1.82) is 0 Å². The molecule has 1 aromatic carbocycles. The molecule has 1 atom stereocenters. The minimum absolute atomic E-state index is 0.101. The molecule has 2 N–H and O–H groups in total. The monoisotopic (exact) mass is 227 g/mol. The molecule has 0 unspecified atom stereocenters. The second kappa shape index (κ2) is 6.11. The van der Waals surface area contributed by atoms with Crippen LogP contribution < -0.4 is 5.73 Å². The largest absolute Gasteiger partial charge is 0.375 e. The molecule has 0 fully saturated rings. The first-order valence-electron chi connectivity index (χ1n) is 5.17. The van der Waals surface area contributed by atoms with E-state index in [2.05, 4.69) is 13.8 Å². The first kappa shape index (κ1) is 12.5. The maximum Gasteiger partial charge on any atom is 0.0718 e. The van der Waals surface area contributed by atoms with E-state index in [1.165, 1.54) is 0 Å². The quantitative estimate of drug-likeness (QED) is 0.840. The smallest absolute Gasteiger partial charge is 0.0718 e. The Labute approximate surface area is 96.4 Å². The van der Waals surface area contributed by atoms with Gasteiger partial charge in [-0.1, -0.05) is 37.6 Å². The number of nitrogens with two attached hydrogens (primary N) is 1. The molecule has 0 aliphatic heterocycles. The van der Waals surface area contributed by atoms with Gasteiger partial charge in [0.15, 0.2) is 0 Å². The molecule has 0 saturated heterocycles. The average Bonchev–Trinajstić information content (AvgIpc) is 2.17. The number of ether oxygens (including phenoxy) is 1. The van der Waals surface area contributed by atoms with E-state index in [9.17, 15) is 0 Å². The van der Waals surface area contributed by atoms with Gasteiger partial charge in [0.2, 0.25) is 0 Å². The van der Waals surface area contributed by atoms with E-state index in [0.29, 0.717) is 19.1 Å². The molecule has 0 aliphatic carbocycles. The maximum atomic E-state index is 5.86. The van der Waals surface area contributed by atoms with Crippen LogP contribution in [0.3, 0.4) is 0 Å². The Morgan fingerprint density at radius 1 is 1.40 bits per heavy atom. The van der Waals surface area contributed by atoms with E-state index < -0.39 is 0 Å². The number of halogens is 1. The van der Waals surface area contributed by atoms with Gasteiger partial charge in [0, 0.05) is 11.1 Å². The summed E-state index contributed by atoms with van der Waals surface area (Å²) in [7, 11) is 0. The molecule has 0 heterocycles. The van der Waals surface area contributed by atoms with Gasteiger partial charge in [-0.15, -0.1) is 0 Å². The van der Waals surface area contributed by atoms with Crippen LogP contribution in [0.5, 0.6) is 0 Å². The first-order chi connectivity index (χ1) is 7.09. The Morgan fingerprint density at radius 2 is 2.13 bits per heavy atom. The van der Waals surface area contributed by atoms with Crippen molar-refractivity contribution in [2.45, 2.75) is 26.5 Å². The molecule has 0 aliphatic rings. The molecule has 0 saturated carbocycles. The Hall–Kier alpha value is -0.570. The zero-order valence-corrected chi connectivity index (χ0v) is 10.00. The van der Waals surface area contributed by atoms with E-state index in [0.717, 1.165) is 10.6 Å². The summed E-state index contributed by atoms with van der Waals surface area (Å²) in [6.45, 7) is 5.34. The predicted octanol–water partition coefficient (Wildman–Crippen LogP) is 2.84. The minimum atomic E-state index is 0.101. The van der Waals surface area contributed by atoms with Crippen LogP contribution in [0.2, 0.25) is 5.02 Å². The van der Waals surface area contributed by atoms with Crippen LogP contribution in [0, 0.1) is 5.92 Å². The highest BCUT2D eigenvalue weighted by Gasteiger charge is 2.07. The highest BCUT2D eigenvalue weighted by Crippen LogP contribution is 2.11. The molecule has 3 heteroatoms. The van der Waals surface area contributed by atoms with Crippen LogP contribution in [0.4, 0.5) is 0 Å². The van der Waals surface area contributed by atoms with Crippen molar-refractivity contribution >= 4 is 11.6 Å². The van der Waals surface area contributed by atoms with Crippen molar-refractivity contribution in [3.63, 3.8) is 0 Å². The van der Waals surface area contributed by atoms with E-state index in [-0.39, 0.29) is 6.04 Å². The Kier molecular flexibility index (Phi) is 5.09. The Bertz CT molecular complexity index is 301. The van der Waals surface area contributed by atoms with Crippen LogP contribution in [0.25, 0.3) is 0 Å². The fourth-order valence-corrected chi connectivity index (χ4v) is 1.34. The molecule has 1 aromatic rings. The van der Waals surface area contributed by atoms with Gasteiger partial charge in [-0.3, -0.25) is 0 Å². The molecular weight excluding hydrogens is 210 g/mol. The summed E-state index contributed by atoms with van der Waals surface area (Å²) >= 11 is 5.86. The lowest BCUT2D eigenvalue weighted by Crippen LogP contribution is -2.31. The van der Waals surface area contributed by atoms with Gasteiger partial charge in [-0.05, 0) is 23.6 Å². The van der Waals surface area contributed by atoms with E-state index in [1.807, 2.05) is 24.3 Å². The number of hydrogen-bond acceptors (Lipinski definition) is 2. The summed E-state index contributed by atoms with van der Waals surface area (Å²) in [5, 5.41) is 0.740. The summed E-state index contributed by atoms with van der Waals surface area (Å²) in [6.07, 6.45) is 0. The summed E-state index contributed by atoms with van der Waals surface area (Å²) in [6, 6.07) is 7.77. The van der Waals surface area contributed by atoms with Crippen LogP contribution in [-0.2, 0) is 11.3 Å². The second-order valence-electron chi connectivity index (χ2n) is 4.05. The average molecular weight is 228 g/mol. The summed E-state index contributed by atoms with van der Waals surface area (Å²) < 4.78 is 5.51. The van der Waals surface area contributed by atoms with Gasteiger partial charge in [0.1, 0.15) is 0 Å². The van der Waals surface area contributed by atoms with Crippen molar-refractivity contribution < 1.29 is 4.74 Å². The molecule has 0 spiro atoms. The molecule has 1 rings (SSSR count). The molecule has 0 amide bonds. The number of rotatable bonds is 5. The SMILES string of the molecule is CC(C)[C@H](N)COCc1cccc(Cl)c1. The third-order valence-electron chi connectivity index (χ3n) is 2.32. The van der Waals surface area contributed by atoms with E-state index in [4.69, 9.17) is 22.1 Å². The van der Waals surface area contributed by atoms with Crippen LogP contribution >= 0.6 is 11.6 Å². The molecule has 0 bridgehead atoms. The van der Waals surface area contributed by atoms with Crippen molar-refractivity contribution in [1.82, 2.24) is 0 Å². The normalized spacial score (nSPS) is 13.1. The highest BCUT2D eigenvalue weighted by atomic mass is 35.5. The Morgan fingerprint density at radius 3 is 2.73 bits per heavy atom. The van der Waals surface area contributed by atoms with Crippen LogP contribution in [-0.4, -0.2) is 12.6 Å². The van der Waals surface area contributed by atoms with Crippen molar-refractivity contribution in [3.05, 3.63) is 34.9 Å². The van der Waals surface area contributed by atoms with Crippen molar-refractivity contribution in [3.8, 4) is 0 Å². The van der Waals surface area contributed by atoms with Crippen LogP contribution in [0.15, 0.2) is 24.3 Å². The van der Waals surface area contributed by atoms with E-state index >= 15 is 0 Å². The van der Waals surface area contributed by atoms with Gasteiger partial charge in [-0.25, -0.2) is 0 Å². The van der Waals surface area contributed by atoms with Crippen molar-refractivity contribution in [2.75, 3.05) is 6.61 Å². The highest BCUT2D eigenvalue weighted by molar-refractivity contribution is 6.30. The van der Waals surface area contributed by atoms with Gasteiger partial charge < -0.3 is 10.5 Å². The lowest BCUT2D eigenvalue weighted by Gasteiger charge is -2.15. The standard InChI is InChI=1S/C12H18ClNO/c1-9(2)12(14)8-15-7-10-4-3-5-11(13)6-10/h3-6,9,12H,7-8,14H2,1-2H3/t12-/m1/s1. The zero-order valence-electron chi connectivity index (χ0n) is 9.24.